The summed E-state index contributed by atoms with van der Waals surface area (Å²) >= 11 is 3.10. The number of benzene rings is 2. The summed E-state index contributed by atoms with van der Waals surface area (Å²) in [5.41, 5.74) is 5.79. The van der Waals surface area contributed by atoms with E-state index in [-0.39, 0.29) is 194 Å². The van der Waals surface area contributed by atoms with Crippen molar-refractivity contribution in [1.29, 1.82) is 0 Å². The Balaban J connectivity index is 0.000000220. The number of aromatic nitrogens is 2. The molecule has 6 amide bonds. The molecule has 15 nitrogen and oxygen atoms in total. The number of halogens is 3. The van der Waals surface area contributed by atoms with Crippen molar-refractivity contribution in [2.75, 3.05) is 31.5 Å². The Labute approximate surface area is 500 Å². The van der Waals surface area contributed by atoms with Crippen LogP contribution in [0.5, 0.6) is 0 Å². The molecule has 4 aromatic rings. The zero-order valence-electron chi connectivity index (χ0n) is 36.8. The van der Waals surface area contributed by atoms with E-state index in [1.54, 1.807) is 59.3 Å². The van der Waals surface area contributed by atoms with Gasteiger partial charge >= 0.3 is 138 Å². The second kappa shape index (κ2) is 24.7. The number of carbonyl (C=O) groups excluding carboxylic acids is 7. The van der Waals surface area contributed by atoms with Crippen LogP contribution in [0.15, 0.2) is 97.1 Å². The average Bonchev–Trinajstić information content (AvgIpc) is 4.21. The summed E-state index contributed by atoms with van der Waals surface area (Å²) in [4.78, 5) is 93.7. The van der Waals surface area contributed by atoms with Crippen molar-refractivity contribution < 1.29 is 192 Å². The summed E-state index contributed by atoms with van der Waals surface area (Å²) in [6.07, 6.45) is 14.6. The largest absolute Gasteiger partial charge is 1.00 e. The van der Waals surface area contributed by atoms with E-state index in [4.69, 9.17) is 10.1 Å². The van der Waals surface area contributed by atoms with Gasteiger partial charge in [0.05, 0.1) is 59.1 Å². The number of carbonyl (C=O) groups is 7. The number of aromatic amines is 1. The van der Waals surface area contributed by atoms with Crippen LogP contribution in [0.2, 0.25) is 0 Å². The van der Waals surface area contributed by atoms with Gasteiger partial charge in [0.1, 0.15) is 0 Å². The Hall–Kier alpha value is -2.43. The Morgan fingerprint density at radius 1 is 0.646 bits per heavy atom. The Bertz CT molecular complexity index is 2460. The monoisotopic (exact) mass is 1190 g/mol. The maximum atomic E-state index is 13.6. The fraction of sp³-hybridized carbons (Fsp3) is 0.311. The summed E-state index contributed by atoms with van der Waals surface area (Å²) < 4.78 is 27.8. The van der Waals surface area contributed by atoms with Gasteiger partial charge in [0.2, 0.25) is 0 Å². The van der Waals surface area contributed by atoms with Gasteiger partial charge in [0.15, 0.2) is 0 Å². The molecule has 2 aromatic heterocycles. The van der Waals surface area contributed by atoms with Crippen LogP contribution < -0.4 is 143 Å². The zero-order valence-corrected chi connectivity index (χ0v) is 50.0. The van der Waals surface area contributed by atoms with E-state index in [0.717, 1.165) is 59.7 Å². The molecule has 2 aromatic carbocycles. The average molecular weight is 1200 g/mol. The Morgan fingerprint density at radius 3 is 1.49 bits per heavy atom. The third kappa shape index (κ3) is 12.4. The van der Waals surface area contributed by atoms with Gasteiger partial charge in [0, 0.05) is 61.8 Å². The van der Waals surface area contributed by atoms with Gasteiger partial charge in [-0.3, -0.25) is 43.4 Å². The molecule has 0 unspecified atom stereocenters. The molecule has 4 aliphatic heterocycles. The summed E-state index contributed by atoms with van der Waals surface area (Å²) in [5, 5.41) is 8.72. The van der Waals surface area contributed by atoms with Crippen molar-refractivity contribution in [2.24, 2.45) is 0 Å². The third-order valence-corrected chi connectivity index (χ3v) is 12.1. The fourth-order valence-electron chi connectivity index (χ4n) is 7.94. The van der Waals surface area contributed by atoms with Crippen molar-refractivity contribution >= 4 is 57.8 Å². The molecule has 0 atom stereocenters. The molecule has 2 fully saturated rings. The molecule has 0 radical (unpaired) electrons. The summed E-state index contributed by atoms with van der Waals surface area (Å²) in [5.74, 6) is -1.29. The predicted molar refractivity (Wildman–Crippen MR) is 225 cm³/mol. The molecule has 6 heterocycles. The Kier molecular flexibility index (Phi) is 20.4. The maximum absolute atomic E-state index is 13.6. The topological polar surface area (TPSA) is 185 Å². The molecular formula is C45H43BrCs2F2N6O9. The van der Waals surface area contributed by atoms with Gasteiger partial charge in [0.25, 0.3) is 41.9 Å². The van der Waals surface area contributed by atoms with Crippen molar-refractivity contribution in [3.63, 3.8) is 0 Å². The molecule has 1 N–H and O–H groups in total. The van der Waals surface area contributed by atoms with Gasteiger partial charge in [-0.05, 0) is 85.1 Å². The third-order valence-electron chi connectivity index (χ3n) is 11.4. The van der Waals surface area contributed by atoms with Gasteiger partial charge in [-0.15, -0.1) is 0 Å². The number of hydrogen-bond donors (Lipinski definition) is 1. The van der Waals surface area contributed by atoms with Crippen molar-refractivity contribution in [3.8, 4) is 0 Å². The molecule has 0 bridgehead atoms. The van der Waals surface area contributed by atoms with Gasteiger partial charge in [-0.25, -0.2) is 8.78 Å². The van der Waals surface area contributed by atoms with Crippen LogP contribution >= 0.6 is 15.9 Å². The molecule has 6 aliphatic rings. The SMILES string of the molecule is O=C1c2c[nH]cc2CCN1C1CC1.O=C1c2ccccc2C(=O)N1C/C(=C\F)CBr.O=C1c2ccccc2C(=O)N1C/C(=C\F)Cn1cc2c(c1)C(=O)N(C1CC1)CC2.O=CO[O-].[Cs+].[Cs+].[H-]. The number of fused-ring (bicyclic) bond motifs is 4. The second-order valence-electron chi connectivity index (χ2n) is 15.6. The minimum absolute atomic E-state index is 0. The fourth-order valence-corrected chi connectivity index (χ4v) is 8.24. The first kappa shape index (κ1) is 53.5. The van der Waals surface area contributed by atoms with Crippen LogP contribution in [0.3, 0.4) is 0 Å². The molecule has 10 rings (SSSR count). The van der Waals surface area contributed by atoms with Crippen LogP contribution in [0.4, 0.5) is 8.78 Å². The number of alkyl halides is 1. The van der Waals surface area contributed by atoms with Crippen LogP contribution in [0, 0.1) is 0 Å². The second-order valence-corrected chi connectivity index (χ2v) is 16.1. The number of amides is 6. The molecule has 0 saturated heterocycles. The molecule has 20 heteroatoms. The van der Waals surface area contributed by atoms with E-state index in [1.807, 2.05) is 28.4 Å². The minimum atomic E-state index is -0.410. The van der Waals surface area contributed by atoms with Gasteiger partial charge < -0.3 is 30.9 Å². The maximum Gasteiger partial charge on any atom is 1.00 e. The number of nitrogens with zero attached hydrogens (tertiary/aromatic N) is 5. The van der Waals surface area contributed by atoms with Crippen LogP contribution in [0.25, 0.3) is 0 Å². The predicted octanol–water partition coefficient (Wildman–Crippen LogP) is -0.940. The van der Waals surface area contributed by atoms with E-state index in [1.165, 1.54) is 18.4 Å². The van der Waals surface area contributed by atoms with Crippen molar-refractivity contribution in [2.45, 2.75) is 57.2 Å². The van der Waals surface area contributed by atoms with Crippen LogP contribution in [-0.4, -0.2) is 115 Å². The van der Waals surface area contributed by atoms with Crippen LogP contribution in [-0.2, 0) is 29.1 Å². The molecule has 2 aliphatic carbocycles. The number of imide groups is 2. The number of nitrogens with one attached hydrogen (secondary N) is 1. The zero-order chi connectivity index (χ0) is 44.8. The summed E-state index contributed by atoms with van der Waals surface area (Å²) in [7, 11) is 0. The first-order valence-corrected chi connectivity index (χ1v) is 21.4. The molecular weight excluding hydrogens is 1150 g/mol. The van der Waals surface area contributed by atoms with E-state index in [9.17, 15) is 37.5 Å². The van der Waals surface area contributed by atoms with Crippen LogP contribution in [0.1, 0.15) is 100 Å². The summed E-state index contributed by atoms with van der Waals surface area (Å²) in [6.45, 7) is 1.49. The Morgan fingerprint density at radius 2 is 1.08 bits per heavy atom. The number of hydrogen-bond acceptors (Lipinski definition) is 9. The van der Waals surface area contributed by atoms with E-state index in [2.05, 4.69) is 25.8 Å². The molecule has 65 heavy (non-hydrogen) atoms. The van der Waals surface area contributed by atoms with Gasteiger partial charge in [-0.1, -0.05) is 40.2 Å². The quantitative estimate of drug-likeness (QED) is 0.0689. The first-order chi connectivity index (χ1) is 30.5. The van der Waals surface area contributed by atoms with E-state index in [0.29, 0.717) is 63.7 Å². The number of rotatable bonds is 10. The number of H-pyrrole nitrogens is 1. The molecule has 330 valence electrons. The standard InChI is InChI=1S/C22H20FN3O3.C12H9BrFNO2.C10H12N2O.CH2O3.2Cs.H/c23-9-14(11-26-20(27)17-3-1-2-4-18(17)21(26)28)10-24-12-15-7-8-25(16-5-6-16)22(29)19(15)13-24;13-5-8(6-14)7-15-11(16)9-3-1-2-4-10(9)12(15)17;13-10-9-6-11-5-7(9)3-4-12(10)8-1-2-8;2-1-4-3;;;/h1-4,9,12-13,16H,5-8,10-11H2;1-4,6H,5,7H2;5-6,8,11H,1-4H2;1,3H;;;/q;;;;2*+1;-1/p-1/b14-9-;8-6-;;;;;. The van der Waals surface area contributed by atoms with E-state index >= 15 is 0 Å². The summed E-state index contributed by atoms with van der Waals surface area (Å²) in [6, 6.07) is 14.1. The normalized spacial score (nSPS) is 17.2. The molecule has 2 saturated carbocycles. The first-order valence-electron chi connectivity index (χ1n) is 20.2. The van der Waals surface area contributed by atoms with E-state index < -0.39 is 11.8 Å². The smallest absolute Gasteiger partial charge is 1.00 e. The van der Waals surface area contributed by atoms with Gasteiger partial charge in [-0.2, -0.15) is 0 Å². The van der Waals surface area contributed by atoms with Crippen molar-refractivity contribution in [3.05, 3.63) is 142 Å². The minimum Gasteiger partial charge on any atom is -1.00 e. The van der Waals surface area contributed by atoms with Crippen molar-refractivity contribution in [1.82, 2.24) is 29.2 Å². The molecule has 0 spiro atoms.